The molecule has 0 aliphatic carbocycles. The Balaban J connectivity index is 2.12. The van der Waals surface area contributed by atoms with Gasteiger partial charge in [-0.05, 0) is 49.9 Å². The highest BCUT2D eigenvalue weighted by Gasteiger charge is 2.15. The van der Waals surface area contributed by atoms with Crippen LogP contribution in [-0.4, -0.2) is 32.8 Å². The molecule has 0 fully saturated rings. The maximum absolute atomic E-state index is 4.60. The van der Waals surface area contributed by atoms with Crippen LogP contribution in [0.3, 0.4) is 0 Å². The lowest BCUT2D eigenvalue weighted by Gasteiger charge is -2.22. The minimum atomic E-state index is 0.863. The van der Waals surface area contributed by atoms with Crippen molar-refractivity contribution in [2.75, 3.05) is 18.0 Å². The monoisotopic (exact) mass is 323 g/mol. The van der Waals surface area contributed by atoms with Crippen LogP contribution in [0.1, 0.15) is 37.8 Å². The van der Waals surface area contributed by atoms with Crippen molar-refractivity contribution in [3.05, 3.63) is 41.9 Å². The molecule has 3 aromatic rings. The van der Waals surface area contributed by atoms with Crippen molar-refractivity contribution >= 4 is 16.9 Å². The summed E-state index contributed by atoms with van der Waals surface area (Å²) >= 11 is 0. The summed E-state index contributed by atoms with van der Waals surface area (Å²) < 4.78 is 1.91. The number of fused-ring (bicyclic) bond motifs is 1. The molecule has 126 valence electrons. The minimum Gasteiger partial charge on any atom is -0.356 e. The average molecular weight is 323 g/mol. The normalized spacial score (nSPS) is 11.2. The molecule has 5 nitrogen and oxygen atoms in total. The third kappa shape index (κ3) is 3.11. The number of benzene rings is 1. The first-order chi connectivity index (χ1) is 11.6. The summed E-state index contributed by atoms with van der Waals surface area (Å²) in [5, 5.41) is 5.61. The van der Waals surface area contributed by atoms with Crippen LogP contribution in [0.5, 0.6) is 0 Å². The van der Waals surface area contributed by atoms with Gasteiger partial charge in [-0.2, -0.15) is 5.10 Å². The lowest BCUT2D eigenvalue weighted by molar-refractivity contribution is 0.736. The summed E-state index contributed by atoms with van der Waals surface area (Å²) in [6, 6.07) is 6.44. The Hall–Kier alpha value is -2.43. The van der Waals surface area contributed by atoms with E-state index in [0.717, 1.165) is 48.5 Å². The Labute approximate surface area is 143 Å². The molecular formula is C19H25N5. The molecule has 0 bridgehead atoms. The zero-order valence-electron chi connectivity index (χ0n) is 15.0. The third-order valence-electron chi connectivity index (χ3n) is 4.08. The molecule has 0 N–H and O–H groups in total. The first-order valence-electron chi connectivity index (χ1n) is 8.66. The highest BCUT2D eigenvalue weighted by atomic mass is 15.3. The second-order valence-electron chi connectivity index (χ2n) is 6.32. The molecule has 0 saturated heterocycles. The molecular weight excluding hydrogens is 298 g/mol. The molecule has 5 heteroatoms. The number of aryl methyl sites for hydroxylation is 2. The largest absolute Gasteiger partial charge is 0.356 e. The van der Waals surface area contributed by atoms with Gasteiger partial charge >= 0.3 is 0 Å². The summed E-state index contributed by atoms with van der Waals surface area (Å²) in [5.74, 6) is 0.985. The summed E-state index contributed by atoms with van der Waals surface area (Å²) in [6.45, 7) is 10.6. The van der Waals surface area contributed by atoms with E-state index in [0.29, 0.717) is 0 Å². The lowest BCUT2D eigenvalue weighted by Crippen LogP contribution is -2.26. The molecule has 0 radical (unpaired) electrons. The fraction of sp³-hybridized carbons (Fsp3) is 0.421. The van der Waals surface area contributed by atoms with Gasteiger partial charge in [0.05, 0.1) is 17.3 Å². The van der Waals surface area contributed by atoms with Gasteiger partial charge in [-0.25, -0.2) is 14.6 Å². The molecule has 0 amide bonds. The Morgan fingerprint density at radius 3 is 2.25 bits per heavy atom. The van der Waals surface area contributed by atoms with Crippen molar-refractivity contribution in [1.29, 1.82) is 0 Å². The molecule has 0 saturated carbocycles. The van der Waals surface area contributed by atoms with Gasteiger partial charge in [0.25, 0.3) is 0 Å². The quantitative estimate of drug-likeness (QED) is 0.686. The zero-order valence-corrected chi connectivity index (χ0v) is 15.0. The van der Waals surface area contributed by atoms with Crippen LogP contribution in [0.2, 0.25) is 0 Å². The molecule has 0 spiro atoms. The van der Waals surface area contributed by atoms with Gasteiger partial charge in [0.1, 0.15) is 12.1 Å². The van der Waals surface area contributed by atoms with Crippen LogP contribution >= 0.6 is 0 Å². The number of aromatic nitrogens is 4. The Bertz CT molecular complexity index is 811. The van der Waals surface area contributed by atoms with E-state index in [1.165, 1.54) is 11.1 Å². The van der Waals surface area contributed by atoms with E-state index in [4.69, 9.17) is 0 Å². The van der Waals surface area contributed by atoms with E-state index in [9.17, 15) is 0 Å². The van der Waals surface area contributed by atoms with Gasteiger partial charge in [0.2, 0.25) is 0 Å². The lowest BCUT2D eigenvalue weighted by atomic mass is 10.1. The van der Waals surface area contributed by atoms with Gasteiger partial charge < -0.3 is 4.90 Å². The van der Waals surface area contributed by atoms with Crippen molar-refractivity contribution in [1.82, 2.24) is 19.7 Å². The molecule has 0 unspecified atom stereocenters. The van der Waals surface area contributed by atoms with Crippen LogP contribution in [0.25, 0.3) is 16.7 Å². The predicted molar refractivity (Wildman–Crippen MR) is 98.9 cm³/mol. The molecule has 0 aliphatic heterocycles. The Morgan fingerprint density at radius 1 is 0.958 bits per heavy atom. The first-order valence-corrected chi connectivity index (χ1v) is 8.66. The van der Waals surface area contributed by atoms with Crippen LogP contribution in [0.15, 0.2) is 30.7 Å². The van der Waals surface area contributed by atoms with Crippen molar-refractivity contribution in [3.8, 4) is 5.69 Å². The fourth-order valence-electron chi connectivity index (χ4n) is 3.21. The SMILES string of the molecule is CCCN(CCC)c1ncnc2c1cnn2-c1cc(C)cc(C)c1. The maximum atomic E-state index is 4.60. The number of nitrogens with zero attached hydrogens (tertiary/aromatic N) is 5. The van der Waals surface area contributed by atoms with Gasteiger partial charge in [0.15, 0.2) is 5.65 Å². The van der Waals surface area contributed by atoms with E-state index in [1.54, 1.807) is 6.33 Å². The summed E-state index contributed by atoms with van der Waals surface area (Å²) in [6.07, 6.45) is 5.73. The van der Waals surface area contributed by atoms with E-state index < -0.39 is 0 Å². The molecule has 1 aromatic carbocycles. The van der Waals surface area contributed by atoms with E-state index in [1.807, 2.05) is 10.9 Å². The van der Waals surface area contributed by atoms with Crippen LogP contribution < -0.4 is 4.90 Å². The predicted octanol–water partition coefficient (Wildman–Crippen LogP) is 4.06. The first kappa shape index (κ1) is 16.4. The van der Waals surface area contributed by atoms with Crippen LogP contribution in [0, 0.1) is 13.8 Å². The second-order valence-corrected chi connectivity index (χ2v) is 6.32. The zero-order chi connectivity index (χ0) is 17.1. The van der Waals surface area contributed by atoms with Crippen molar-refractivity contribution in [2.45, 2.75) is 40.5 Å². The average Bonchev–Trinajstić information content (AvgIpc) is 2.98. The maximum Gasteiger partial charge on any atom is 0.168 e. The van der Waals surface area contributed by atoms with Crippen LogP contribution in [0.4, 0.5) is 5.82 Å². The molecule has 3 rings (SSSR count). The van der Waals surface area contributed by atoms with Gasteiger partial charge in [0, 0.05) is 13.1 Å². The Morgan fingerprint density at radius 2 is 1.62 bits per heavy atom. The molecule has 0 aliphatic rings. The summed E-state index contributed by atoms with van der Waals surface area (Å²) in [5.41, 5.74) is 4.36. The van der Waals surface area contributed by atoms with E-state index >= 15 is 0 Å². The molecule has 24 heavy (non-hydrogen) atoms. The molecule has 2 heterocycles. The van der Waals surface area contributed by atoms with Crippen molar-refractivity contribution in [3.63, 3.8) is 0 Å². The highest BCUT2D eigenvalue weighted by Crippen LogP contribution is 2.25. The third-order valence-corrected chi connectivity index (χ3v) is 4.08. The molecule has 0 atom stereocenters. The molecule has 2 aromatic heterocycles. The summed E-state index contributed by atoms with van der Waals surface area (Å²) in [7, 11) is 0. The summed E-state index contributed by atoms with van der Waals surface area (Å²) in [4.78, 5) is 11.4. The topological polar surface area (TPSA) is 46.8 Å². The van der Waals surface area contributed by atoms with Crippen molar-refractivity contribution < 1.29 is 0 Å². The van der Waals surface area contributed by atoms with Gasteiger partial charge in [-0.3, -0.25) is 0 Å². The number of hydrogen-bond donors (Lipinski definition) is 0. The smallest absolute Gasteiger partial charge is 0.168 e. The van der Waals surface area contributed by atoms with Crippen LogP contribution in [-0.2, 0) is 0 Å². The number of rotatable bonds is 6. The minimum absolute atomic E-state index is 0.863. The fourth-order valence-corrected chi connectivity index (χ4v) is 3.21. The standard InChI is InChI=1S/C19H25N5/c1-5-7-23(8-6-2)18-17-12-22-24(19(17)21-13-20-18)16-10-14(3)9-15(4)11-16/h9-13H,5-8H2,1-4H3. The number of anilines is 1. The van der Waals surface area contributed by atoms with Gasteiger partial charge in [-0.15, -0.1) is 0 Å². The van der Waals surface area contributed by atoms with Gasteiger partial charge in [-0.1, -0.05) is 19.9 Å². The Kier molecular flexibility index (Phi) is 4.79. The van der Waals surface area contributed by atoms with E-state index in [-0.39, 0.29) is 0 Å². The highest BCUT2D eigenvalue weighted by molar-refractivity contribution is 5.87. The number of hydrogen-bond acceptors (Lipinski definition) is 4. The van der Waals surface area contributed by atoms with E-state index in [2.05, 4.69) is 65.9 Å². The van der Waals surface area contributed by atoms with Crippen molar-refractivity contribution in [2.24, 2.45) is 0 Å². The second kappa shape index (κ2) is 6.99.